The van der Waals surface area contributed by atoms with Crippen molar-refractivity contribution in [2.45, 2.75) is 11.6 Å². The molecule has 0 saturated carbocycles. The Hall–Kier alpha value is -2.50. The summed E-state index contributed by atoms with van der Waals surface area (Å²) in [5.74, 6) is -1.25. The minimum absolute atomic E-state index is 0. The predicted molar refractivity (Wildman–Crippen MR) is 106 cm³/mol. The summed E-state index contributed by atoms with van der Waals surface area (Å²) in [6.07, 6.45) is 0. The van der Waals surface area contributed by atoms with Crippen molar-refractivity contribution in [2.75, 3.05) is 0 Å². The molecule has 152 valence electrons. The summed E-state index contributed by atoms with van der Waals surface area (Å²) in [6, 6.07) is 7.19. The molecule has 0 aromatic heterocycles. The van der Waals surface area contributed by atoms with E-state index in [2.05, 4.69) is 0 Å². The first kappa shape index (κ1) is 25.5. The number of hydrogen-bond acceptors (Lipinski definition) is 6. The highest BCUT2D eigenvalue weighted by Crippen LogP contribution is 2.21. The Labute approximate surface area is 173 Å². The lowest BCUT2D eigenvalue weighted by atomic mass is 10.2. The van der Waals surface area contributed by atoms with Gasteiger partial charge in [0.25, 0.3) is 0 Å². The van der Waals surface area contributed by atoms with E-state index < -0.39 is 32.9 Å². The smallest absolute Gasteiger partial charge is 0.305 e. The van der Waals surface area contributed by atoms with Gasteiger partial charge in [0.1, 0.15) is 0 Å². The molecule has 2 aromatic carbocycles. The van der Waals surface area contributed by atoms with E-state index in [1.165, 1.54) is 12.1 Å². The molecule has 2 rings (SSSR count). The third kappa shape index (κ3) is 8.03. The maximum Gasteiger partial charge on any atom is 0.305 e. The molecule has 28 heavy (non-hydrogen) atoms. The van der Waals surface area contributed by atoms with Crippen LogP contribution in [-0.4, -0.2) is 15.0 Å². The summed E-state index contributed by atoms with van der Waals surface area (Å²) in [6.45, 7) is 0. The van der Waals surface area contributed by atoms with Gasteiger partial charge in [-0.1, -0.05) is 23.9 Å². The van der Waals surface area contributed by atoms with E-state index in [0.29, 0.717) is 16.9 Å². The molecule has 0 heterocycles. The SMILES string of the molecule is Cl.N=C(N)SCc1ccc(F)c([N+](=O)[O-])c1.O=[N+]([O-])c1cc(CCl)ccc1F. The molecule has 13 heteroatoms. The summed E-state index contributed by atoms with van der Waals surface area (Å²) in [7, 11) is 0. The first-order chi connectivity index (χ1) is 12.6. The number of nitro groups is 2. The maximum absolute atomic E-state index is 12.9. The highest BCUT2D eigenvalue weighted by molar-refractivity contribution is 8.13. The molecule has 0 unspecified atom stereocenters. The molecule has 0 radical (unpaired) electrons. The minimum Gasteiger partial charge on any atom is -0.379 e. The summed E-state index contributed by atoms with van der Waals surface area (Å²) < 4.78 is 25.6. The molecule has 3 N–H and O–H groups in total. The predicted octanol–water partition coefficient (Wildman–Crippen LogP) is 4.76. The third-order valence-electron chi connectivity index (χ3n) is 2.96. The van der Waals surface area contributed by atoms with Crippen molar-refractivity contribution in [1.29, 1.82) is 5.41 Å². The molecule has 8 nitrogen and oxygen atoms in total. The summed E-state index contributed by atoms with van der Waals surface area (Å²) in [5.41, 5.74) is 5.10. The van der Waals surface area contributed by atoms with Gasteiger partial charge in [-0.2, -0.15) is 8.78 Å². The second-order valence-corrected chi connectivity index (χ2v) is 6.16. The topological polar surface area (TPSA) is 136 Å². The molecular weight excluding hydrogens is 441 g/mol. The quantitative estimate of drug-likeness (QED) is 0.219. The molecule has 0 aliphatic heterocycles. The molecule has 0 amide bonds. The Morgan fingerprint density at radius 1 is 1.04 bits per heavy atom. The number of nitrogens with one attached hydrogen (secondary N) is 1. The molecule has 0 atom stereocenters. The summed E-state index contributed by atoms with van der Waals surface area (Å²) in [5, 5.41) is 27.5. The van der Waals surface area contributed by atoms with Crippen LogP contribution in [0.3, 0.4) is 0 Å². The van der Waals surface area contributed by atoms with E-state index in [4.69, 9.17) is 22.7 Å². The zero-order valence-corrected chi connectivity index (χ0v) is 16.3. The molecule has 0 bridgehead atoms. The fourth-order valence-corrected chi connectivity index (χ4v) is 2.40. The number of amidine groups is 1. The number of nitrogens with two attached hydrogens (primary N) is 1. The summed E-state index contributed by atoms with van der Waals surface area (Å²) in [4.78, 5) is 19.1. The lowest BCUT2D eigenvalue weighted by Gasteiger charge is -2.00. The molecular formula is C15H14Cl2F2N4O4S. The van der Waals surface area contributed by atoms with Gasteiger partial charge in [0.2, 0.25) is 11.6 Å². The van der Waals surface area contributed by atoms with Crippen molar-refractivity contribution < 1.29 is 18.6 Å². The van der Waals surface area contributed by atoms with E-state index in [0.717, 1.165) is 36.0 Å². The van der Waals surface area contributed by atoms with Gasteiger partial charge in [0.05, 0.1) is 9.85 Å². The van der Waals surface area contributed by atoms with Crippen LogP contribution in [0.2, 0.25) is 0 Å². The minimum atomic E-state index is -0.864. The van der Waals surface area contributed by atoms with Crippen molar-refractivity contribution in [1.82, 2.24) is 0 Å². The van der Waals surface area contributed by atoms with Gasteiger partial charge in [0.15, 0.2) is 5.17 Å². The zero-order valence-electron chi connectivity index (χ0n) is 13.9. The first-order valence-electron chi connectivity index (χ1n) is 7.04. The standard InChI is InChI=1S/C8H8FN3O2S.C7H5ClFNO2.ClH/c9-6-2-1-5(4-15-8(10)11)3-7(6)12(13)14;8-4-5-1-2-6(9)7(3-5)10(11)12;/h1-3H,4H2,(H3,10,11);1-3H,4H2;1H. The number of hydrogen-bond donors (Lipinski definition) is 2. The van der Waals surface area contributed by atoms with Crippen LogP contribution in [-0.2, 0) is 11.6 Å². The number of rotatable bonds is 5. The van der Waals surface area contributed by atoms with Crippen LogP contribution in [0, 0.1) is 37.3 Å². The van der Waals surface area contributed by atoms with Crippen LogP contribution >= 0.6 is 35.8 Å². The molecule has 0 aliphatic carbocycles. The molecule has 0 spiro atoms. The highest BCUT2D eigenvalue weighted by Gasteiger charge is 2.14. The van der Waals surface area contributed by atoms with E-state index in [9.17, 15) is 29.0 Å². The fourth-order valence-electron chi connectivity index (χ4n) is 1.73. The number of halogens is 4. The maximum atomic E-state index is 12.9. The van der Waals surface area contributed by atoms with E-state index in [-0.39, 0.29) is 23.5 Å². The second kappa shape index (κ2) is 12.1. The lowest BCUT2D eigenvalue weighted by molar-refractivity contribution is -0.387. The van der Waals surface area contributed by atoms with Crippen LogP contribution in [0.15, 0.2) is 36.4 Å². The van der Waals surface area contributed by atoms with Crippen molar-refractivity contribution >= 4 is 52.3 Å². The van der Waals surface area contributed by atoms with Crippen LogP contribution in [0.1, 0.15) is 11.1 Å². The fraction of sp³-hybridized carbons (Fsp3) is 0.133. The number of nitro benzene ring substituents is 2. The lowest BCUT2D eigenvalue weighted by Crippen LogP contribution is -2.04. The van der Waals surface area contributed by atoms with Crippen LogP contribution in [0.5, 0.6) is 0 Å². The van der Waals surface area contributed by atoms with E-state index >= 15 is 0 Å². The van der Waals surface area contributed by atoms with Gasteiger partial charge in [-0.3, -0.25) is 25.6 Å². The molecule has 0 saturated heterocycles. The largest absolute Gasteiger partial charge is 0.379 e. The third-order valence-corrected chi connectivity index (χ3v) is 4.06. The Balaban J connectivity index is 0.000000514. The average molecular weight is 455 g/mol. The first-order valence-corrected chi connectivity index (χ1v) is 8.56. The van der Waals surface area contributed by atoms with Gasteiger partial charge in [-0.25, -0.2) is 0 Å². The molecule has 2 aromatic rings. The number of benzene rings is 2. The Morgan fingerprint density at radius 3 is 1.86 bits per heavy atom. The number of thioether (sulfide) groups is 1. The molecule has 0 aliphatic rings. The van der Waals surface area contributed by atoms with Gasteiger partial charge < -0.3 is 5.73 Å². The Kier molecular flexibility index (Phi) is 11.0. The highest BCUT2D eigenvalue weighted by atomic mass is 35.5. The number of nitrogens with zero attached hydrogens (tertiary/aromatic N) is 2. The summed E-state index contributed by atoms with van der Waals surface area (Å²) >= 11 is 6.44. The van der Waals surface area contributed by atoms with Gasteiger partial charge >= 0.3 is 11.4 Å². The van der Waals surface area contributed by atoms with Crippen molar-refractivity contribution in [3.05, 3.63) is 79.4 Å². The van der Waals surface area contributed by atoms with Crippen LogP contribution < -0.4 is 5.73 Å². The zero-order chi connectivity index (χ0) is 20.6. The number of alkyl halides is 1. The van der Waals surface area contributed by atoms with E-state index in [1.54, 1.807) is 0 Å². The van der Waals surface area contributed by atoms with Crippen LogP contribution in [0.25, 0.3) is 0 Å². The van der Waals surface area contributed by atoms with E-state index in [1.807, 2.05) is 0 Å². The van der Waals surface area contributed by atoms with Crippen LogP contribution in [0.4, 0.5) is 20.2 Å². The van der Waals surface area contributed by atoms with Gasteiger partial charge in [-0.15, -0.1) is 24.0 Å². The molecule has 0 fully saturated rings. The van der Waals surface area contributed by atoms with Gasteiger partial charge in [-0.05, 0) is 23.3 Å². The Morgan fingerprint density at radius 2 is 1.46 bits per heavy atom. The van der Waals surface area contributed by atoms with Crippen molar-refractivity contribution in [3.63, 3.8) is 0 Å². The van der Waals surface area contributed by atoms with Crippen molar-refractivity contribution in [2.24, 2.45) is 5.73 Å². The monoisotopic (exact) mass is 454 g/mol. The average Bonchev–Trinajstić information content (AvgIpc) is 2.61. The normalized spacial score (nSPS) is 9.54. The van der Waals surface area contributed by atoms with Crippen molar-refractivity contribution in [3.8, 4) is 0 Å². The Bertz CT molecular complexity index is 874. The van der Waals surface area contributed by atoms with Gasteiger partial charge in [0, 0.05) is 23.8 Å². The second-order valence-electron chi connectivity index (χ2n) is 4.87.